The molecule has 1 fully saturated rings. The second-order valence-corrected chi connectivity index (χ2v) is 6.63. The number of carbonyl (C=O) groups is 1. The minimum atomic E-state index is -0.392. The molecule has 0 aliphatic carbocycles. The lowest BCUT2D eigenvalue weighted by atomic mass is 10.2. The van der Waals surface area contributed by atoms with Crippen LogP contribution in [0.15, 0.2) is 29.1 Å². The van der Waals surface area contributed by atoms with Gasteiger partial charge in [0, 0.05) is 6.54 Å². The predicted octanol–water partition coefficient (Wildman–Crippen LogP) is 1.61. The van der Waals surface area contributed by atoms with E-state index in [-0.39, 0.29) is 18.4 Å². The maximum atomic E-state index is 12.5. The van der Waals surface area contributed by atoms with Gasteiger partial charge in [0.15, 0.2) is 0 Å². The zero-order chi connectivity index (χ0) is 15.8. The summed E-state index contributed by atoms with van der Waals surface area (Å²) in [5.74, 6) is 0.337. The number of aromatic nitrogens is 4. The summed E-state index contributed by atoms with van der Waals surface area (Å²) in [6.45, 7) is 0.716. The van der Waals surface area contributed by atoms with Crippen LogP contribution in [-0.4, -0.2) is 37.5 Å². The molecular weight excluding hydrogens is 314 g/mol. The lowest BCUT2D eigenvalue weighted by Crippen LogP contribution is -2.32. The van der Waals surface area contributed by atoms with Crippen LogP contribution in [0.2, 0.25) is 0 Å². The van der Waals surface area contributed by atoms with E-state index in [2.05, 4.69) is 20.2 Å². The second-order valence-electron chi connectivity index (χ2n) is 5.57. The van der Waals surface area contributed by atoms with E-state index in [9.17, 15) is 9.59 Å². The van der Waals surface area contributed by atoms with Crippen molar-refractivity contribution in [3.63, 3.8) is 0 Å². The molecule has 0 bridgehead atoms. The summed E-state index contributed by atoms with van der Waals surface area (Å²) in [5.41, 5.74) is 0.584. The van der Waals surface area contributed by atoms with Gasteiger partial charge in [0.25, 0.3) is 0 Å². The number of thiazole rings is 1. The fourth-order valence-corrected chi connectivity index (χ4v) is 4.10. The van der Waals surface area contributed by atoms with E-state index >= 15 is 0 Å². The summed E-state index contributed by atoms with van der Waals surface area (Å²) in [4.78, 5) is 32.7. The van der Waals surface area contributed by atoms with Gasteiger partial charge in [-0.05, 0) is 25.0 Å². The molecule has 0 radical (unpaired) electrons. The molecule has 1 atom stereocenters. The first-order valence-electron chi connectivity index (χ1n) is 7.49. The van der Waals surface area contributed by atoms with Gasteiger partial charge in [-0.25, -0.2) is 14.9 Å². The Hall–Kier alpha value is -2.48. The maximum absolute atomic E-state index is 12.5. The van der Waals surface area contributed by atoms with Gasteiger partial charge in [0.2, 0.25) is 5.91 Å². The number of benzene rings is 1. The zero-order valence-electron chi connectivity index (χ0n) is 12.3. The number of nitrogens with one attached hydrogen (secondary N) is 2. The molecule has 1 saturated heterocycles. The molecule has 1 aromatic carbocycles. The number of aromatic amines is 2. The van der Waals surface area contributed by atoms with Crippen molar-refractivity contribution >= 4 is 27.5 Å². The molecule has 8 heteroatoms. The van der Waals surface area contributed by atoms with E-state index in [4.69, 9.17) is 0 Å². The fourth-order valence-electron chi connectivity index (χ4n) is 2.99. The molecule has 1 aliphatic heterocycles. The topological polar surface area (TPSA) is 94.7 Å². The van der Waals surface area contributed by atoms with Crippen molar-refractivity contribution in [2.75, 3.05) is 6.54 Å². The Balaban J connectivity index is 1.58. The quantitative estimate of drug-likeness (QED) is 0.763. The Kier molecular flexibility index (Phi) is 3.45. The molecule has 1 amide bonds. The Morgan fingerprint density at radius 3 is 3.04 bits per heavy atom. The Morgan fingerprint density at radius 2 is 2.26 bits per heavy atom. The van der Waals surface area contributed by atoms with Gasteiger partial charge in [-0.2, -0.15) is 5.10 Å². The first-order chi connectivity index (χ1) is 11.2. The molecule has 2 N–H and O–H groups in total. The normalized spacial score (nSPS) is 17.9. The van der Waals surface area contributed by atoms with Crippen molar-refractivity contribution in [3.8, 4) is 0 Å². The molecule has 2 aromatic heterocycles. The van der Waals surface area contributed by atoms with Crippen molar-refractivity contribution < 1.29 is 4.79 Å². The molecule has 4 rings (SSSR count). The third kappa shape index (κ3) is 2.65. The number of nitrogens with zero attached hydrogens (tertiary/aromatic N) is 3. The molecule has 7 nitrogen and oxygen atoms in total. The van der Waals surface area contributed by atoms with Crippen molar-refractivity contribution in [1.29, 1.82) is 0 Å². The van der Waals surface area contributed by atoms with Gasteiger partial charge < -0.3 is 4.90 Å². The van der Waals surface area contributed by atoms with E-state index < -0.39 is 5.69 Å². The maximum Gasteiger partial charge on any atom is 0.340 e. The van der Waals surface area contributed by atoms with Gasteiger partial charge in [-0.3, -0.25) is 9.78 Å². The minimum Gasteiger partial charge on any atom is -0.333 e. The van der Waals surface area contributed by atoms with Gasteiger partial charge in [0.05, 0.1) is 22.7 Å². The van der Waals surface area contributed by atoms with Crippen LogP contribution in [0.5, 0.6) is 0 Å². The van der Waals surface area contributed by atoms with E-state index in [0.29, 0.717) is 12.4 Å². The van der Waals surface area contributed by atoms with Gasteiger partial charge in [-0.1, -0.05) is 12.1 Å². The van der Waals surface area contributed by atoms with Crippen molar-refractivity contribution in [3.05, 3.63) is 45.6 Å². The molecule has 23 heavy (non-hydrogen) atoms. The predicted molar refractivity (Wildman–Crippen MR) is 86.2 cm³/mol. The SMILES string of the molecule is O=C(Cc1n[nH]c(=O)[nH]1)N1CCCC1c1nc2ccccc2s1. The van der Waals surface area contributed by atoms with Gasteiger partial charge >= 0.3 is 5.69 Å². The summed E-state index contributed by atoms with van der Waals surface area (Å²) >= 11 is 1.64. The number of fused-ring (bicyclic) bond motifs is 1. The van der Waals surface area contributed by atoms with E-state index in [1.807, 2.05) is 29.2 Å². The molecule has 1 aliphatic rings. The highest BCUT2D eigenvalue weighted by atomic mass is 32.1. The van der Waals surface area contributed by atoms with Crippen molar-refractivity contribution in [2.45, 2.75) is 25.3 Å². The van der Waals surface area contributed by atoms with E-state index in [1.165, 1.54) is 0 Å². The van der Waals surface area contributed by atoms with E-state index in [0.717, 1.165) is 28.1 Å². The Bertz CT molecular complexity index is 879. The summed E-state index contributed by atoms with van der Waals surface area (Å²) in [6, 6.07) is 8.02. The number of rotatable bonds is 3. The van der Waals surface area contributed by atoms with Crippen LogP contribution < -0.4 is 5.69 Å². The highest BCUT2D eigenvalue weighted by Gasteiger charge is 2.32. The van der Waals surface area contributed by atoms with Gasteiger partial charge in [-0.15, -0.1) is 11.3 Å². The Morgan fingerprint density at radius 1 is 1.39 bits per heavy atom. The van der Waals surface area contributed by atoms with Crippen molar-refractivity contribution in [2.24, 2.45) is 0 Å². The summed E-state index contributed by atoms with van der Waals surface area (Å²) in [6.07, 6.45) is 1.98. The smallest absolute Gasteiger partial charge is 0.333 e. The molecule has 1 unspecified atom stereocenters. The number of hydrogen-bond acceptors (Lipinski definition) is 5. The average molecular weight is 329 g/mol. The number of amides is 1. The first-order valence-corrected chi connectivity index (χ1v) is 8.31. The summed E-state index contributed by atoms with van der Waals surface area (Å²) in [5, 5.41) is 7.07. The summed E-state index contributed by atoms with van der Waals surface area (Å²) in [7, 11) is 0. The van der Waals surface area contributed by atoms with E-state index in [1.54, 1.807) is 11.3 Å². The molecule has 3 aromatic rings. The van der Waals surface area contributed by atoms with Crippen LogP contribution in [0.1, 0.15) is 29.7 Å². The Labute approximate surface area is 135 Å². The third-order valence-corrected chi connectivity index (χ3v) is 5.18. The molecule has 3 heterocycles. The molecular formula is C15H15N5O2S. The zero-order valence-corrected chi connectivity index (χ0v) is 13.1. The number of H-pyrrole nitrogens is 2. The number of likely N-dealkylation sites (tertiary alicyclic amines) is 1. The summed E-state index contributed by atoms with van der Waals surface area (Å²) < 4.78 is 1.14. The first kappa shape index (κ1) is 14.1. The standard InChI is InChI=1S/C15H15N5O2S/c21-13(8-12-17-15(22)19-18-12)20-7-3-5-10(20)14-16-9-4-1-2-6-11(9)23-14/h1-2,4,6,10H,3,5,7-8H2,(H2,17,18,19,22). The number of para-hydroxylation sites is 1. The molecule has 0 saturated carbocycles. The molecule has 118 valence electrons. The number of hydrogen-bond donors (Lipinski definition) is 2. The van der Waals surface area contributed by atoms with Crippen molar-refractivity contribution in [1.82, 2.24) is 25.1 Å². The van der Waals surface area contributed by atoms with Gasteiger partial charge in [0.1, 0.15) is 10.8 Å². The average Bonchev–Trinajstić information content (AvgIpc) is 3.24. The fraction of sp³-hybridized carbons (Fsp3) is 0.333. The van der Waals surface area contributed by atoms with Crippen LogP contribution in [-0.2, 0) is 11.2 Å². The van der Waals surface area contributed by atoms with Crippen LogP contribution >= 0.6 is 11.3 Å². The lowest BCUT2D eigenvalue weighted by molar-refractivity contribution is -0.131. The highest BCUT2D eigenvalue weighted by molar-refractivity contribution is 7.18. The highest BCUT2D eigenvalue weighted by Crippen LogP contribution is 2.36. The monoisotopic (exact) mass is 329 g/mol. The molecule has 0 spiro atoms. The number of carbonyl (C=O) groups excluding carboxylic acids is 1. The second kappa shape index (κ2) is 5.62. The van der Waals surface area contributed by atoms with Crippen LogP contribution in [0.3, 0.4) is 0 Å². The van der Waals surface area contributed by atoms with Crippen LogP contribution in [0.25, 0.3) is 10.2 Å². The van der Waals surface area contributed by atoms with Crippen LogP contribution in [0.4, 0.5) is 0 Å². The minimum absolute atomic E-state index is 0.0190. The third-order valence-electron chi connectivity index (χ3n) is 4.04. The lowest BCUT2D eigenvalue weighted by Gasteiger charge is -2.22. The van der Waals surface area contributed by atoms with Crippen LogP contribution in [0, 0.1) is 0 Å². The largest absolute Gasteiger partial charge is 0.340 e.